The number of aliphatic hydroxyl groups excluding tert-OH is 3. The Morgan fingerprint density at radius 2 is 1.45 bits per heavy atom. The summed E-state index contributed by atoms with van der Waals surface area (Å²) in [6.45, 7) is 10.5. The molecule has 1 saturated heterocycles. The predicted octanol–water partition coefficient (Wildman–Crippen LogP) is 4.86. The van der Waals surface area contributed by atoms with Crippen molar-refractivity contribution in [3.63, 3.8) is 0 Å². The van der Waals surface area contributed by atoms with Gasteiger partial charge in [0.15, 0.2) is 30.3 Å². The van der Waals surface area contributed by atoms with Crippen molar-refractivity contribution in [1.82, 2.24) is 5.32 Å². The van der Waals surface area contributed by atoms with Crippen LogP contribution in [0.5, 0.6) is 11.5 Å². The first-order chi connectivity index (χ1) is 34.9. The molecule has 20 heteroatoms. The number of esters is 4. The summed E-state index contributed by atoms with van der Waals surface area (Å²) in [6, 6.07) is 20.2. The van der Waals surface area contributed by atoms with Crippen LogP contribution < -0.4 is 14.8 Å². The van der Waals surface area contributed by atoms with Gasteiger partial charge in [-0.25, -0.2) is 24.0 Å². The summed E-state index contributed by atoms with van der Waals surface area (Å²) in [5.41, 5.74) is -6.66. The van der Waals surface area contributed by atoms with E-state index in [0.717, 1.165) is 6.92 Å². The number of nitrogens with one attached hydrogen (secondary N) is 1. The number of ether oxygens (including phenoxy) is 8. The van der Waals surface area contributed by atoms with Crippen LogP contribution in [0, 0.1) is 23.2 Å². The van der Waals surface area contributed by atoms with E-state index in [4.69, 9.17) is 37.9 Å². The van der Waals surface area contributed by atoms with Crippen molar-refractivity contribution in [3.8, 4) is 11.5 Å². The standard InChI is InChI=1S/C54H69NO19/c1-9-34-30(3)37(26-53(66,10-2)47(72-48(63)33-21-15-12-16-22-33)45-52(8,46(62)43(34)61)38(57)25-39-54(45,29-69-39)73-31(4)56)70-49(64)44(42(32-19-13-11-14-20-32)55-50(65)74-51(5,6)7)71-41(60)28-68-36-24-18-17-23-35(36)67-27-40(58)59/h11-24,30,34,37-39,42-47,57,61-62,66H,9-10,25-29H2,1-8H3,(H,55,65)(H,58,59)/t30-,34?,37-,38-,39+,42-,43+,44+,45-,46+,47-,52+,53+,54-/m0/s1. The number of rotatable bonds is 17. The number of aliphatic carboxylic acids is 1. The maximum atomic E-state index is 15.3. The van der Waals surface area contributed by atoms with Gasteiger partial charge in [0.1, 0.15) is 35.6 Å². The number of benzene rings is 3. The maximum Gasteiger partial charge on any atom is 0.408 e. The Bertz CT molecular complexity index is 2450. The molecule has 14 atom stereocenters. The lowest BCUT2D eigenvalue weighted by Crippen LogP contribution is -2.80. The molecule has 1 unspecified atom stereocenters. The number of carbonyl (C=O) groups excluding carboxylic acids is 5. The number of amides is 1. The average Bonchev–Trinajstić information content (AvgIpc) is 3.35. The highest BCUT2D eigenvalue weighted by atomic mass is 16.6. The number of carboxylic acid groups (broad SMARTS) is 1. The number of fused-ring (bicyclic) bond motifs is 3. The van der Waals surface area contributed by atoms with Crippen LogP contribution in [0.25, 0.3) is 0 Å². The van der Waals surface area contributed by atoms with E-state index in [0.29, 0.717) is 0 Å². The second-order valence-electron chi connectivity index (χ2n) is 20.5. The number of hydrogen-bond donors (Lipinski definition) is 6. The molecule has 3 aromatic rings. The molecule has 3 aromatic carbocycles. The zero-order chi connectivity index (χ0) is 54.3. The molecule has 1 heterocycles. The fourth-order valence-electron chi connectivity index (χ4n) is 10.7. The second-order valence-corrected chi connectivity index (χ2v) is 20.5. The Hall–Kier alpha value is -6.32. The molecule has 0 spiro atoms. The van der Waals surface area contributed by atoms with Gasteiger partial charge in [-0.15, -0.1) is 0 Å². The van der Waals surface area contributed by atoms with Gasteiger partial charge in [-0.1, -0.05) is 94.8 Å². The van der Waals surface area contributed by atoms with Crippen LogP contribution in [0.1, 0.15) is 103 Å². The summed E-state index contributed by atoms with van der Waals surface area (Å²) in [5.74, 6) is -8.96. The number of para-hydroxylation sites is 2. The van der Waals surface area contributed by atoms with Gasteiger partial charge >= 0.3 is 35.9 Å². The van der Waals surface area contributed by atoms with Gasteiger partial charge in [-0.2, -0.15) is 0 Å². The molecule has 0 aromatic heterocycles. The molecule has 0 radical (unpaired) electrons. The molecule has 6 N–H and O–H groups in total. The molecule has 3 aliphatic rings. The summed E-state index contributed by atoms with van der Waals surface area (Å²) in [5, 5.41) is 62.6. The summed E-state index contributed by atoms with van der Waals surface area (Å²) < 4.78 is 47.4. The summed E-state index contributed by atoms with van der Waals surface area (Å²) in [6.07, 6.45) is -13.4. The molecule has 6 rings (SSSR count). The van der Waals surface area contributed by atoms with Gasteiger partial charge < -0.3 is 68.7 Å². The number of alkyl carbamates (subject to hydrolysis) is 1. The van der Waals surface area contributed by atoms with E-state index in [9.17, 15) is 49.5 Å². The molecular formula is C54H69NO19. The first-order valence-corrected chi connectivity index (χ1v) is 24.7. The van der Waals surface area contributed by atoms with Crippen molar-refractivity contribution >= 4 is 35.9 Å². The van der Waals surface area contributed by atoms with Crippen LogP contribution in [0.4, 0.5) is 4.79 Å². The lowest BCUT2D eigenvalue weighted by atomic mass is 9.49. The molecule has 1 amide bonds. The highest BCUT2D eigenvalue weighted by Gasteiger charge is 2.74. The third kappa shape index (κ3) is 12.4. The number of aliphatic hydroxyl groups is 4. The smallest absolute Gasteiger partial charge is 0.408 e. The monoisotopic (exact) mass is 1040 g/mol. The van der Waals surface area contributed by atoms with E-state index in [2.05, 4.69) is 5.32 Å². The summed E-state index contributed by atoms with van der Waals surface area (Å²) >= 11 is 0. The van der Waals surface area contributed by atoms with E-state index in [1.165, 1.54) is 31.2 Å². The number of carbonyl (C=O) groups is 6. The normalized spacial score (nSPS) is 30.5. The van der Waals surface area contributed by atoms with Crippen molar-refractivity contribution in [2.45, 2.75) is 147 Å². The fourth-order valence-corrected chi connectivity index (χ4v) is 10.7. The van der Waals surface area contributed by atoms with E-state index < -0.39 is 144 Å². The van der Waals surface area contributed by atoms with Crippen LogP contribution >= 0.6 is 0 Å². The molecule has 3 fully saturated rings. The highest BCUT2D eigenvalue weighted by molar-refractivity contribution is 5.89. The first kappa shape index (κ1) is 57.0. The van der Waals surface area contributed by atoms with E-state index >= 15 is 4.79 Å². The lowest BCUT2D eigenvalue weighted by molar-refractivity contribution is -0.360. The van der Waals surface area contributed by atoms with Crippen molar-refractivity contribution in [1.29, 1.82) is 0 Å². The minimum Gasteiger partial charge on any atom is -0.479 e. The van der Waals surface area contributed by atoms with Crippen LogP contribution in [-0.2, 0) is 47.6 Å². The zero-order valence-corrected chi connectivity index (χ0v) is 42.8. The van der Waals surface area contributed by atoms with Crippen LogP contribution in [0.3, 0.4) is 0 Å². The number of hydrogen-bond acceptors (Lipinski definition) is 18. The van der Waals surface area contributed by atoms with Crippen molar-refractivity contribution in [2.75, 3.05) is 19.8 Å². The summed E-state index contributed by atoms with van der Waals surface area (Å²) in [4.78, 5) is 81.7. The minimum atomic E-state index is -2.29. The Kier molecular flexibility index (Phi) is 18.1. The predicted molar refractivity (Wildman–Crippen MR) is 260 cm³/mol. The topological polar surface area (TPSA) is 289 Å². The van der Waals surface area contributed by atoms with Gasteiger partial charge in [0.25, 0.3) is 0 Å². The van der Waals surface area contributed by atoms with Gasteiger partial charge in [-0.05, 0) is 68.9 Å². The lowest BCUT2D eigenvalue weighted by Gasteiger charge is -2.66. The summed E-state index contributed by atoms with van der Waals surface area (Å²) in [7, 11) is 0. The maximum absolute atomic E-state index is 15.3. The molecule has 404 valence electrons. The van der Waals surface area contributed by atoms with E-state index in [1.54, 1.807) is 102 Å². The molecule has 1 aliphatic heterocycles. The molecule has 2 aliphatic carbocycles. The van der Waals surface area contributed by atoms with Gasteiger partial charge in [0, 0.05) is 25.2 Å². The zero-order valence-electron chi connectivity index (χ0n) is 42.8. The van der Waals surface area contributed by atoms with Gasteiger partial charge in [-0.3, -0.25) is 4.79 Å². The largest absolute Gasteiger partial charge is 0.479 e. The quantitative estimate of drug-likeness (QED) is 0.0777. The fraction of sp³-hybridized carbons (Fsp3) is 0.556. The minimum absolute atomic E-state index is 0.0199. The van der Waals surface area contributed by atoms with Crippen molar-refractivity contribution in [3.05, 3.63) is 96.1 Å². The van der Waals surface area contributed by atoms with Gasteiger partial charge in [0.2, 0.25) is 6.10 Å². The molecule has 0 bridgehead atoms. The number of carboxylic acids is 1. The average molecular weight is 1040 g/mol. The van der Waals surface area contributed by atoms with Gasteiger partial charge in [0.05, 0.1) is 36.4 Å². The van der Waals surface area contributed by atoms with Crippen molar-refractivity contribution < 1.29 is 92.2 Å². The van der Waals surface area contributed by atoms with Crippen molar-refractivity contribution in [2.24, 2.45) is 23.2 Å². The molecular weight excluding hydrogens is 967 g/mol. The Balaban J connectivity index is 1.48. The molecule has 20 nitrogen and oxygen atoms in total. The third-order valence-electron chi connectivity index (χ3n) is 14.6. The Morgan fingerprint density at radius 1 is 0.851 bits per heavy atom. The van der Waals surface area contributed by atoms with E-state index in [-0.39, 0.29) is 48.5 Å². The first-order valence-electron chi connectivity index (χ1n) is 24.7. The Labute approximate surface area is 429 Å². The van der Waals surface area contributed by atoms with E-state index in [1.807, 2.05) is 0 Å². The Morgan fingerprint density at radius 3 is 1.99 bits per heavy atom. The second kappa shape index (κ2) is 23.5. The highest BCUT2D eigenvalue weighted by Crippen LogP contribution is 2.60. The SMILES string of the molecule is CCC1[C@@H](O)[C@@H](O)[C@@]2(C)[C@H]([C@H](OC(=O)c3ccccc3)[C@@](O)(CC)C[C@H](OC(=O)[C@H](OC(=O)COc3ccccc3OCC(=O)O)[C@@H](NC(=O)OC(C)(C)C)c3ccccc3)[C@H]1C)[C@]1(OC(C)=O)CO[C@@H]1C[C@@H]2O. The third-order valence-corrected chi connectivity index (χ3v) is 14.6. The molecule has 2 saturated carbocycles. The van der Waals surface area contributed by atoms with Crippen LogP contribution in [0.15, 0.2) is 84.9 Å². The molecule has 74 heavy (non-hydrogen) atoms. The van der Waals surface area contributed by atoms with Crippen LogP contribution in [-0.4, -0.2) is 141 Å². The van der Waals surface area contributed by atoms with Crippen LogP contribution in [0.2, 0.25) is 0 Å².